The number of thioether (sulfide) groups is 1. The minimum Gasteiger partial charge on any atom is -0.465 e. The highest BCUT2D eigenvalue weighted by Gasteiger charge is 2.16. The number of carbonyl (C=O) groups is 3. The summed E-state index contributed by atoms with van der Waals surface area (Å²) in [7, 11) is 2.46. The molecule has 0 atom stereocenters. The smallest absolute Gasteiger partial charge is 0.337 e. The highest BCUT2D eigenvalue weighted by Crippen LogP contribution is 2.21. The van der Waals surface area contributed by atoms with Crippen molar-refractivity contribution in [2.45, 2.75) is 12.1 Å². The van der Waals surface area contributed by atoms with Gasteiger partial charge < -0.3 is 14.8 Å². The fourth-order valence-corrected chi connectivity index (χ4v) is 3.43. The third kappa shape index (κ3) is 5.48. The van der Waals surface area contributed by atoms with Crippen molar-refractivity contribution in [3.63, 3.8) is 0 Å². The molecule has 1 N–H and O–H groups in total. The monoisotopic (exact) mass is 440 g/mol. The Balaban J connectivity index is 1.72. The molecule has 0 unspecified atom stereocenters. The first-order chi connectivity index (χ1) is 14.9. The molecule has 0 fully saturated rings. The molecular weight excluding hydrogens is 420 g/mol. The predicted molar refractivity (Wildman–Crippen MR) is 115 cm³/mol. The molecule has 0 radical (unpaired) electrons. The second kappa shape index (κ2) is 9.90. The van der Waals surface area contributed by atoms with Crippen LogP contribution in [0.25, 0.3) is 5.69 Å². The van der Waals surface area contributed by atoms with Crippen LogP contribution in [0.2, 0.25) is 0 Å². The highest BCUT2D eigenvalue weighted by atomic mass is 32.2. The SMILES string of the molecule is COC(=O)c1cc(NC(=O)CSc2nncn2-c2ccc(C)cc2)cc(C(=O)OC)c1. The van der Waals surface area contributed by atoms with Crippen molar-refractivity contribution in [2.75, 3.05) is 25.3 Å². The van der Waals surface area contributed by atoms with Crippen molar-refractivity contribution >= 4 is 35.3 Å². The molecule has 1 aromatic heterocycles. The van der Waals surface area contributed by atoms with Crippen LogP contribution in [-0.2, 0) is 14.3 Å². The number of hydrogen-bond acceptors (Lipinski definition) is 8. The van der Waals surface area contributed by atoms with Crippen LogP contribution in [0.3, 0.4) is 0 Å². The quantitative estimate of drug-likeness (QED) is 0.441. The van der Waals surface area contributed by atoms with E-state index in [0.29, 0.717) is 5.16 Å². The van der Waals surface area contributed by atoms with Crippen LogP contribution in [0.15, 0.2) is 53.9 Å². The molecule has 0 saturated heterocycles. The first kappa shape index (κ1) is 22.0. The molecule has 0 aliphatic carbocycles. The molecule has 10 heteroatoms. The molecule has 3 aromatic rings. The van der Waals surface area contributed by atoms with Crippen molar-refractivity contribution in [1.29, 1.82) is 0 Å². The van der Waals surface area contributed by atoms with Crippen LogP contribution in [0.5, 0.6) is 0 Å². The predicted octanol–water partition coefficient (Wildman–Crippen LogP) is 2.88. The molecule has 9 nitrogen and oxygen atoms in total. The van der Waals surface area contributed by atoms with E-state index in [1.807, 2.05) is 31.2 Å². The van der Waals surface area contributed by atoms with E-state index in [1.165, 1.54) is 44.2 Å². The van der Waals surface area contributed by atoms with Crippen LogP contribution >= 0.6 is 11.8 Å². The van der Waals surface area contributed by atoms with Gasteiger partial charge in [-0.1, -0.05) is 29.5 Å². The van der Waals surface area contributed by atoms with Gasteiger partial charge >= 0.3 is 11.9 Å². The van der Waals surface area contributed by atoms with Gasteiger partial charge in [0.25, 0.3) is 0 Å². The minimum atomic E-state index is -0.637. The summed E-state index contributed by atoms with van der Waals surface area (Å²) in [5.74, 6) is -1.58. The molecule has 160 valence electrons. The lowest BCUT2D eigenvalue weighted by atomic mass is 10.1. The van der Waals surface area contributed by atoms with E-state index >= 15 is 0 Å². The zero-order valence-corrected chi connectivity index (χ0v) is 17.9. The van der Waals surface area contributed by atoms with Crippen molar-refractivity contribution in [3.8, 4) is 5.69 Å². The van der Waals surface area contributed by atoms with Gasteiger partial charge in [0.1, 0.15) is 6.33 Å². The summed E-state index contributed by atoms with van der Waals surface area (Å²) in [5.41, 5.74) is 2.52. The molecule has 0 aliphatic rings. The molecule has 31 heavy (non-hydrogen) atoms. The third-order valence-corrected chi connectivity index (χ3v) is 5.16. The fraction of sp³-hybridized carbons (Fsp3) is 0.190. The number of ether oxygens (including phenoxy) is 2. The lowest BCUT2D eigenvalue weighted by molar-refractivity contribution is -0.113. The number of hydrogen-bond donors (Lipinski definition) is 1. The number of aromatic nitrogens is 3. The highest BCUT2D eigenvalue weighted by molar-refractivity contribution is 7.99. The first-order valence-electron chi connectivity index (χ1n) is 9.12. The number of benzene rings is 2. The van der Waals surface area contributed by atoms with E-state index in [-0.39, 0.29) is 28.5 Å². The number of nitrogens with zero attached hydrogens (tertiary/aromatic N) is 3. The number of carbonyl (C=O) groups excluding carboxylic acids is 3. The van der Waals surface area contributed by atoms with Gasteiger partial charge in [-0.15, -0.1) is 10.2 Å². The fourth-order valence-electron chi connectivity index (χ4n) is 2.70. The molecule has 0 bridgehead atoms. The van der Waals surface area contributed by atoms with Gasteiger partial charge in [0.05, 0.1) is 31.1 Å². The van der Waals surface area contributed by atoms with Gasteiger partial charge in [0.2, 0.25) is 5.91 Å². The van der Waals surface area contributed by atoms with Gasteiger partial charge in [-0.3, -0.25) is 9.36 Å². The number of rotatable bonds is 7. The molecule has 0 spiro atoms. The summed E-state index contributed by atoms with van der Waals surface area (Å²) in [6.07, 6.45) is 1.58. The Bertz CT molecular complexity index is 1080. The molecule has 1 amide bonds. The zero-order chi connectivity index (χ0) is 22.4. The van der Waals surface area contributed by atoms with Crippen molar-refractivity contribution in [2.24, 2.45) is 0 Å². The summed E-state index contributed by atoms with van der Waals surface area (Å²) in [5, 5.41) is 11.2. The van der Waals surface area contributed by atoms with Crippen LogP contribution in [0, 0.1) is 6.92 Å². The van der Waals surface area contributed by atoms with E-state index in [2.05, 4.69) is 15.5 Å². The Kier molecular flexibility index (Phi) is 7.03. The van der Waals surface area contributed by atoms with E-state index in [1.54, 1.807) is 10.9 Å². The van der Waals surface area contributed by atoms with E-state index in [0.717, 1.165) is 11.3 Å². The third-order valence-electron chi connectivity index (χ3n) is 4.22. The Hall–Kier alpha value is -3.66. The largest absolute Gasteiger partial charge is 0.465 e. The zero-order valence-electron chi connectivity index (χ0n) is 17.1. The van der Waals surface area contributed by atoms with E-state index in [9.17, 15) is 14.4 Å². The van der Waals surface area contributed by atoms with Gasteiger partial charge in [0.15, 0.2) is 5.16 Å². The molecule has 2 aromatic carbocycles. The molecular formula is C21H20N4O5S. The van der Waals surface area contributed by atoms with Crippen molar-refractivity contribution < 1.29 is 23.9 Å². The average Bonchev–Trinajstić information content (AvgIpc) is 3.25. The van der Waals surface area contributed by atoms with E-state index in [4.69, 9.17) is 9.47 Å². The molecule has 0 saturated carbocycles. The van der Waals surface area contributed by atoms with Crippen LogP contribution in [0.4, 0.5) is 5.69 Å². The van der Waals surface area contributed by atoms with Crippen molar-refractivity contribution in [1.82, 2.24) is 14.8 Å². The summed E-state index contributed by atoms with van der Waals surface area (Å²) >= 11 is 1.20. The maximum Gasteiger partial charge on any atom is 0.337 e. The van der Waals surface area contributed by atoms with Crippen LogP contribution < -0.4 is 5.32 Å². The number of amides is 1. The van der Waals surface area contributed by atoms with Gasteiger partial charge in [-0.25, -0.2) is 9.59 Å². The Morgan fingerprint density at radius 3 is 2.19 bits per heavy atom. The van der Waals surface area contributed by atoms with E-state index < -0.39 is 11.9 Å². The lowest BCUT2D eigenvalue weighted by Crippen LogP contribution is -2.16. The maximum absolute atomic E-state index is 12.5. The second-order valence-corrected chi connectivity index (χ2v) is 7.38. The topological polar surface area (TPSA) is 112 Å². The van der Waals surface area contributed by atoms with Gasteiger partial charge in [-0.2, -0.15) is 0 Å². The summed E-state index contributed by atoms with van der Waals surface area (Å²) in [6, 6.07) is 12.0. The second-order valence-electron chi connectivity index (χ2n) is 6.44. The molecule has 1 heterocycles. The summed E-state index contributed by atoms with van der Waals surface area (Å²) in [6.45, 7) is 2.00. The number of esters is 2. The van der Waals surface area contributed by atoms with Crippen molar-refractivity contribution in [3.05, 3.63) is 65.5 Å². The lowest BCUT2D eigenvalue weighted by Gasteiger charge is -2.10. The molecule has 3 rings (SSSR count). The Labute approximate surface area is 182 Å². The number of methoxy groups -OCH3 is 2. The summed E-state index contributed by atoms with van der Waals surface area (Å²) in [4.78, 5) is 36.2. The number of anilines is 1. The summed E-state index contributed by atoms with van der Waals surface area (Å²) < 4.78 is 11.2. The van der Waals surface area contributed by atoms with Gasteiger partial charge in [-0.05, 0) is 37.3 Å². The number of nitrogens with one attached hydrogen (secondary N) is 1. The standard InChI is InChI=1S/C21H20N4O5S/c1-13-4-6-17(7-5-13)25-12-22-24-21(25)31-11-18(26)23-16-9-14(19(27)29-2)8-15(10-16)20(28)30-3/h4-10,12H,11H2,1-3H3,(H,23,26). The Morgan fingerprint density at radius 2 is 1.61 bits per heavy atom. The van der Waals surface area contributed by atoms with Crippen LogP contribution in [0.1, 0.15) is 26.3 Å². The normalized spacial score (nSPS) is 10.4. The number of aryl methyl sites for hydroxylation is 1. The minimum absolute atomic E-state index is 0.0422. The first-order valence-corrected chi connectivity index (χ1v) is 10.1. The Morgan fingerprint density at radius 1 is 1.00 bits per heavy atom. The maximum atomic E-state index is 12.5. The molecule has 0 aliphatic heterocycles. The van der Waals surface area contributed by atoms with Gasteiger partial charge in [0, 0.05) is 11.4 Å². The van der Waals surface area contributed by atoms with Crippen LogP contribution in [-0.4, -0.2) is 52.6 Å². The average molecular weight is 440 g/mol.